The standard InChI is InChI=1S/C18H16FN3O4S3/c1-22(23)18(27)28-10-15-21-16(11-2-6-13(19)7-3-11)17(26-15)12-4-8-14(9-5-12)29(20,24)25/h2-9,23H,10H2,1H3,(H2,20,24,25). The molecular formula is C18H16FN3O4S3. The van der Waals surface area contributed by atoms with Crippen LogP contribution >= 0.6 is 24.0 Å². The van der Waals surface area contributed by atoms with Crippen molar-refractivity contribution in [2.45, 2.75) is 10.6 Å². The Labute approximate surface area is 176 Å². The molecule has 0 aliphatic heterocycles. The highest BCUT2D eigenvalue weighted by atomic mass is 32.2. The van der Waals surface area contributed by atoms with E-state index in [2.05, 4.69) is 4.98 Å². The maximum atomic E-state index is 13.3. The maximum Gasteiger partial charge on any atom is 0.238 e. The highest BCUT2D eigenvalue weighted by molar-refractivity contribution is 8.22. The number of sulfonamides is 1. The Morgan fingerprint density at radius 2 is 1.79 bits per heavy atom. The molecule has 0 aliphatic rings. The average molecular weight is 454 g/mol. The smallest absolute Gasteiger partial charge is 0.238 e. The third-order valence-corrected chi connectivity index (χ3v) is 6.27. The van der Waals surface area contributed by atoms with E-state index in [-0.39, 0.29) is 20.8 Å². The molecule has 29 heavy (non-hydrogen) atoms. The van der Waals surface area contributed by atoms with Crippen molar-refractivity contribution in [2.75, 3.05) is 7.05 Å². The quantitative estimate of drug-likeness (QED) is 0.445. The molecule has 0 radical (unpaired) electrons. The van der Waals surface area contributed by atoms with Gasteiger partial charge in [-0.3, -0.25) is 5.21 Å². The molecule has 3 rings (SSSR count). The zero-order valence-electron chi connectivity index (χ0n) is 15.1. The monoisotopic (exact) mass is 453 g/mol. The van der Waals surface area contributed by atoms with Gasteiger partial charge in [-0.05, 0) is 48.5 Å². The Kier molecular flexibility index (Phi) is 6.34. The molecule has 0 saturated heterocycles. The van der Waals surface area contributed by atoms with E-state index < -0.39 is 10.0 Å². The zero-order chi connectivity index (χ0) is 21.2. The predicted molar refractivity (Wildman–Crippen MR) is 112 cm³/mol. The number of hydrogen-bond acceptors (Lipinski definition) is 7. The van der Waals surface area contributed by atoms with Crippen molar-refractivity contribution in [3.63, 3.8) is 0 Å². The number of halogens is 1. The predicted octanol–water partition coefficient (Wildman–Crippen LogP) is 3.63. The fourth-order valence-electron chi connectivity index (χ4n) is 2.44. The molecule has 0 aliphatic carbocycles. The van der Waals surface area contributed by atoms with E-state index in [0.717, 1.165) is 16.8 Å². The largest absolute Gasteiger partial charge is 0.439 e. The van der Waals surface area contributed by atoms with Crippen LogP contribution in [0.1, 0.15) is 5.89 Å². The molecule has 0 unspecified atom stereocenters. The Balaban J connectivity index is 2.01. The summed E-state index contributed by atoms with van der Waals surface area (Å²) in [5.74, 6) is 0.594. The number of rotatable bonds is 5. The summed E-state index contributed by atoms with van der Waals surface area (Å²) in [4.78, 5) is 4.45. The van der Waals surface area contributed by atoms with Crippen LogP contribution < -0.4 is 5.14 Å². The minimum atomic E-state index is -3.82. The number of hydroxylamine groups is 2. The van der Waals surface area contributed by atoms with Crippen molar-refractivity contribution < 1.29 is 22.4 Å². The van der Waals surface area contributed by atoms with Crippen molar-refractivity contribution >= 4 is 38.3 Å². The number of thiocarbonyl (C=S) groups is 1. The summed E-state index contributed by atoms with van der Waals surface area (Å²) < 4.78 is 42.4. The van der Waals surface area contributed by atoms with Gasteiger partial charge in [-0.1, -0.05) is 24.0 Å². The summed E-state index contributed by atoms with van der Waals surface area (Å²) in [6.45, 7) is 0. The number of oxazole rings is 1. The van der Waals surface area contributed by atoms with E-state index in [1.54, 1.807) is 24.3 Å². The topological polar surface area (TPSA) is 110 Å². The number of hydrogen-bond donors (Lipinski definition) is 2. The lowest BCUT2D eigenvalue weighted by Crippen LogP contribution is -2.17. The lowest BCUT2D eigenvalue weighted by atomic mass is 10.1. The first-order chi connectivity index (χ1) is 13.6. The van der Waals surface area contributed by atoms with Crippen LogP contribution in [0, 0.1) is 5.82 Å². The van der Waals surface area contributed by atoms with Crippen molar-refractivity contribution in [1.29, 1.82) is 0 Å². The summed E-state index contributed by atoms with van der Waals surface area (Å²) in [6, 6.07) is 11.6. The lowest BCUT2D eigenvalue weighted by Gasteiger charge is -2.08. The van der Waals surface area contributed by atoms with Gasteiger partial charge in [-0.15, -0.1) is 0 Å². The van der Waals surface area contributed by atoms with Crippen LogP contribution in [0.2, 0.25) is 0 Å². The number of aromatic nitrogens is 1. The summed E-state index contributed by atoms with van der Waals surface area (Å²) in [7, 11) is -2.41. The minimum Gasteiger partial charge on any atom is -0.439 e. The molecule has 0 fully saturated rings. The van der Waals surface area contributed by atoms with Gasteiger partial charge in [0, 0.05) is 18.2 Å². The summed E-state index contributed by atoms with van der Waals surface area (Å²) in [6.07, 6.45) is 0. The van der Waals surface area contributed by atoms with Crippen LogP contribution in [0.15, 0.2) is 57.8 Å². The van der Waals surface area contributed by atoms with Crippen LogP contribution in [-0.2, 0) is 15.8 Å². The third-order valence-electron chi connectivity index (χ3n) is 3.82. The molecular weight excluding hydrogens is 437 g/mol. The van der Waals surface area contributed by atoms with Gasteiger partial charge in [0.05, 0.1) is 10.6 Å². The van der Waals surface area contributed by atoms with Crippen LogP contribution in [0.5, 0.6) is 0 Å². The molecule has 1 aromatic heterocycles. The summed E-state index contributed by atoms with van der Waals surface area (Å²) >= 11 is 6.18. The molecule has 0 saturated carbocycles. The Morgan fingerprint density at radius 3 is 2.34 bits per heavy atom. The van der Waals surface area contributed by atoms with Crippen molar-refractivity contribution in [1.82, 2.24) is 10.0 Å². The average Bonchev–Trinajstić information content (AvgIpc) is 3.10. The molecule has 3 N–H and O–H groups in total. The van der Waals surface area contributed by atoms with E-state index in [0.29, 0.717) is 28.5 Å². The minimum absolute atomic E-state index is 0.0313. The number of benzene rings is 2. The molecule has 11 heteroatoms. The Hall–Kier alpha value is -2.31. The molecule has 3 aromatic rings. The highest BCUT2D eigenvalue weighted by Gasteiger charge is 2.19. The van der Waals surface area contributed by atoms with E-state index in [1.165, 1.54) is 31.3 Å². The second-order valence-electron chi connectivity index (χ2n) is 5.94. The van der Waals surface area contributed by atoms with E-state index in [1.807, 2.05) is 0 Å². The van der Waals surface area contributed by atoms with Gasteiger partial charge in [-0.2, -0.15) is 0 Å². The fraction of sp³-hybridized carbons (Fsp3) is 0.111. The van der Waals surface area contributed by atoms with Crippen LogP contribution in [0.3, 0.4) is 0 Å². The van der Waals surface area contributed by atoms with Crippen LogP contribution in [0.25, 0.3) is 22.6 Å². The molecule has 1 heterocycles. The number of primary sulfonamides is 1. The molecule has 0 atom stereocenters. The van der Waals surface area contributed by atoms with Gasteiger partial charge in [-0.25, -0.2) is 28.0 Å². The van der Waals surface area contributed by atoms with Crippen LogP contribution in [0.4, 0.5) is 4.39 Å². The van der Waals surface area contributed by atoms with E-state index in [4.69, 9.17) is 21.8 Å². The number of nitrogens with zero attached hydrogens (tertiary/aromatic N) is 2. The van der Waals surface area contributed by atoms with Crippen molar-refractivity contribution in [3.05, 3.63) is 60.2 Å². The summed E-state index contributed by atoms with van der Waals surface area (Å²) in [5, 5.41) is 15.3. The van der Waals surface area contributed by atoms with Gasteiger partial charge in [0.15, 0.2) is 10.1 Å². The van der Waals surface area contributed by atoms with E-state index >= 15 is 0 Å². The first-order valence-corrected chi connectivity index (χ1v) is 11.1. The van der Waals surface area contributed by atoms with Gasteiger partial charge in [0.2, 0.25) is 15.9 Å². The van der Waals surface area contributed by atoms with Gasteiger partial charge >= 0.3 is 0 Å². The van der Waals surface area contributed by atoms with Crippen molar-refractivity contribution in [2.24, 2.45) is 5.14 Å². The molecule has 0 bridgehead atoms. The lowest BCUT2D eigenvalue weighted by molar-refractivity contribution is 0.0205. The Bertz CT molecular complexity index is 1130. The molecule has 152 valence electrons. The van der Waals surface area contributed by atoms with Gasteiger partial charge in [0.25, 0.3) is 0 Å². The highest BCUT2D eigenvalue weighted by Crippen LogP contribution is 2.34. The molecule has 0 amide bonds. The third kappa shape index (κ3) is 5.19. The second-order valence-corrected chi connectivity index (χ2v) is 9.11. The second kappa shape index (κ2) is 8.59. The first-order valence-electron chi connectivity index (χ1n) is 8.13. The zero-order valence-corrected chi connectivity index (χ0v) is 17.5. The van der Waals surface area contributed by atoms with Gasteiger partial charge < -0.3 is 4.42 Å². The van der Waals surface area contributed by atoms with Crippen molar-refractivity contribution in [3.8, 4) is 22.6 Å². The molecule has 2 aromatic carbocycles. The SMILES string of the molecule is CN(O)C(=S)SCc1nc(-c2ccc(F)cc2)c(-c2ccc(S(N)(=O)=O)cc2)o1. The van der Waals surface area contributed by atoms with Crippen LogP contribution in [-0.4, -0.2) is 35.0 Å². The maximum absolute atomic E-state index is 13.3. The summed E-state index contributed by atoms with van der Waals surface area (Å²) in [5.41, 5.74) is 1.66. The number of thioether (sulfide) groups is 1. The molecule has 0 spiro atoms. The molecule has 7 nitrogen and oxygen atoms in total. The fourth-order valence-corrected chi connectivity index (χ4v) is 3.69. The first kappa shape index (κ1) is 21.4. The Morgan fingerprint density at radius 1 is 1.21 bits per heavy atom. The number of nitrogens with two attached hydrogens (primary N) is 1. The van der Waals surface area contributed by atoms with E-state index in [9.17, 15) is 18.0 Å². The normalized spacial score (nSPS) is 11.4. The van der Waals surface area contributed by atoms with Gasteiger partial charge in [0.1, 0.15) is 11.5 Å².